The number of carbonyl (C=O) groups excluding carboxylic acids is 2. The number of rotatable bonds is 9. The summed E-state index contributed by atoms with van der Waals surface area (Å²) in [6.07, 6.45) is 5.03. The molecular formula is C24H25FN6O3. The van der Waals surface area contributed by atoms with Gasteiger partial charge in [0.05, 0.1) is 29.6 Å². The maximum atomic E-state index is 13.1. The van der Waals surface area contributed by atoms with Gasteiger partial charge in [-0.2, -0.15) is 5.10 Å². The molecular weight excluding hydrogens is 439 g/mol. The molecule has 0 saturated carbocycles. The summed E-state index contributed by atoms with van der Waals surface area (Å²) in [5, 5.41) is 4.11. The van der Waals surface area contributed by atoms with E-state index in [-0.39, 0.29) is 36.0 Å². The van der Waals surface area contributed by atoms with E-state index in [9.17, 15) is 14.0 Å². The predicted molar refractivity (Wildman–Crippen MR) is 124 cm³/mol. The van der Waals surface area contributed by atoms with Gasteiger partial charge < -0.3 is 9.64 Å². The molecule has 0 spiro atoms. The number of amides is 1. The standard InChI is InChI=1S/C24H25FN6O3/c1-4-29(2)23(33)19-14-26-30(3)22(19)21(32)13-17-8-10-31-15-20(28-24(31)27-17)16-6-5-7-18(12-16)34-11-9-25/h5-8,10,12,14-15H,4,9,11,13H2,1-3H3. The predicted octanol–water partition coefficient (Wildman–Crippen LogP) is 3.00. The summed E-state index contributed by atoms with van der Waals surface area (Å²) in [5.41, 5.74) is 2.52. The highest BCUT2D eigenvalue weighted by Crippen LogP contribution is 2.23. The molecule has 0 aliphatic rings. The van der Waals surface area contributed by atoms with Crippen LogP contribution in [0.5, 0.6) is 5.75 Å². The van der Waals surface area contributed by atoms with Gasteiger partial charge in [-0.25, -0.2) is 14.4 Å². The molecule has 1 amide bonds. The molecule has 3 heterocycles. The molecule has 1 aromatic carbocycles. The Morgan fingerprint density at radius 1 is 1.21 bits per heavy atom. The molecule has 0 bridgehead atoms. The van der Waals surface area contributed by atoms with Crippen LogP contribution in [0.1, 0.15) is 33.5 Å². The summed E-state index contributed by atoms with van der Waals surface area (Å²) in [6, 6.07) is 8.98. The Hall–Kier alpha value is -4.08. The Balaban J connectivity index is 1.58. The van der Waals surface area contributed by atoms with Crippen molar-refractivity contribution in [3.05, 3.63) is 65.9 Å². The maximum Gasteiger partial charge on any atom is 0.257 e. The first-order valence-corrected chi connectivity index (χ1v) is 10.9. The zero-order valence-electron chi connectivity index (χ0n) is 19.2. The molecule has 0 aliphatic heterocycles. The molecule has 0 fully saturated rings. The van der Waals surface area contributed by atoms with E-state index >= 15 is 0 Å². The highest BCUT2D eigenvalue weighted by molar-refractivity contribution is 6.07. The number of benzene rings is 1. The topological polar surface area (TPSA) is 94.6 Å². The first-order valence-electron chi connectivity index (χ1n) is 10.9. The van der Waals surface area contributed by atoms with E-state index < -0.39 is 6.67 Å². The van der Waals surface area contributed by atoms with Crippen molar-refractivity contribution in [2.45, 2.75) is 13.3 Å². The molecule has 176 valence electrons. The Morgan fingerprint density at radius 3 is 2.79 bits per heavy atom. The van der Waals surface area contributed by atoms with E-state index in [0.29, 0.717) is 29.5 Å². The van der Waals surface area contributed by atoms with Crippen molar-refractivity contribution in [1.29, 1.82) is 0 Å². The van der Waals surface area contributed by atoms with Gasteiger partial charge in [0.15, 0.2) is 5.78 Å². The molecule has 4 rings (SSSR count). The quantitative estimate of drug-likeness (QED) is 0.354. The zero-order chi connectivity index (χ0) is 24.2. The van der Waals surface area contributed by atoms with Crippen molar-refractivity contribution in [2.75, 3.05) is 26.9 Å². The summed E-state index contributed by atoms with van der Waals surface area (Å²) >= 11 is 0. The summed E-state index contributed by atoms with van der Waals surface area (Å²) < 4.78 is 20.9. The number of alkyl halides is 1. The number of nitrogens with zero attached hydrogens (tertiary/aromatic N) is 6. The lowest BCUT2D eigenvalue weighted by molar-refractivity contribution is 0.0795. The number of ketones is 1. The van der Waals surface area contributed by atoms with E-state index in [2.05, 4.69) is 15.1 Å². The van der Waals surface area contributed by atoms with Crippen LogP contribution < -0.4 is 4.74 Å². The fraction of sp³-hybridized carbons (Fsp3) is 0.292. The van der Waals surface area contributed by atoms with Gasteiger partial charge in [0, 0.05) is 38.6 Å². The van der Waals surface area contributed by atoms with Crippen molar-refractivity contribution in [3.8, 4) is 17.0 Å². The second-order valence-electron chi connectivity index (χ2n) is 7.77. The number of carbonyl (C=O) groups is 2. The Kier molecular flexibility index (Phi) is 6.67. The largest absolute Gasteiger partial charge is 0.491 e. The highest BCUT2D eigenvalue weighted by Gasteiger charge is 2.24. The van der Waals surface area contributed by atoms with Crippen LogP contribution in [0.25, 0.3) is 17.0 Å². The molecule has 0 saturated heterocycles. The van der Waals surface area contributed by atoms with Crippen LogP contribution in [0, 0.1) is 0 Å². The fourth-order valence-electron chi connectivity index (χ4n) is 3.57. The minimum absolute atomic E-state index is 0.000895. The lowest BCUT2D eigenvalue weighted by Crippen LogP contribution is -2.28. The number of halogens is 1. The van der Waals surface area contributed by atoms with E-state index in [4.69, 9.17) is 4.74 Å². The van der Waals surface area contributed by atoms with Crippen LogP contribution in [0.3, 0.4) is 0 Å². The van der Waals surface area contributed by atoms with Crippen molar-refractivity contribution in [2.24, 2.45) is 7.05 Å². The van der Waals surface area contributed by atoms with Gasteiger partial charge >= 0.3 is 0 Å². The number of hydrogen-bond donors (Lipinski definition) is 0. The number of fused-ring (bicyclic) bond motifs is 1. The molecule has 0 radical (unpaired) electrons. The third kappa shape index (κ3) is 4.66. The summed E-state index contributed by atoms with van der Waals surface area (Å²) in [4.78, 5) is 36.3. The Morgan fingerprint density at radius 2 is 2.03 bits per heavy atom. The molecule has 0 N–H and O–H groups in total. The van der Waals surface area contributed by atoms with Crippen molar-refractivity contribution in [1.82, 2.24) is 29.0 Å². The molecule has 9 nitrogen and oxygen atoms in total. The fourth-order valence-corrected chi connectivity index (χ4v) is 3.57. The maximum absolute atomic E-state index is 13.1. The highest BCUT2D eigenvalue weighted by atomic mass is 19.1. The van der Waals surface area contributed by atoms with Gasteiger partial charge in [0.2, 0.25) is 5.78 Å². The van der Waals surface area contributed by atoms with E-state index in [1.807, 2.05) is 25.3 Å². The Labute approximate surface area is 195 Å². The Bertz CT molecular complexity index is 1350. The molecule has 4 aromatic rings. The number of Topliss-reactive ketones (excluding diaryl/α,β-unsaturated/α-hetero) is 1. The molecule has 0 unspecified atom stereocenters. The molecule has 3 aromatic heterocycles. The first kappa shape index (κ1) is 23.1. The second kappa shape index (κ2) is 9.82. The van der Waals surface area contributed by atoms with Crippen molar-refractivity contribution in [3.63, 3.8) is 0 Å². The molecule has 0 atom stereocenters. The van der Waals surface area contributed by atoms with Gasteiger partial charge in [-0.15, -0.1) is 0 Å². The number of aromatic nitrogens is 5. The van der Waals surface area contributed by atoms with E-state index in [1.54, 1.807) is 42.9 Å². The SMILES string of the molecule is CCN(C)C(=O)c1cnn(C)c1C(=O)Cc1ccn2cc(-c3cccc(OCCF)c3)nc2n1. The van der Waals surface area contributed by atoms with Crippen LogP contribution >= 0.6 is 0 Å². The monoisotopic (exact) mass is 464 g/mol. The number of imidazole rings is 1. The van der Waals surface area contributed by atoms with E-state index in [0.717, 1.165) is 5.56 Å². The van der Waals surface area contributed by atoms with Crippen LogP contribution in [-0.2, 0) is 13.5 Å². The van der Waals surface area contributed by atoms with Crippen LogP contribution in [0.15, 0.2) is 48.9 Å². The third-order valence-electron chi connectivity index (χ3n) is 5.46. The zero-order valence-corrected chi connectivity index (χ0v) is 19.2. The molecule has 10 heteroatoms. The normalized spacial score (nSPS) is 11.1. The minimum Gasteiger partial charge on any atom is -0.491 e. The molecule has 0 aliphatic carbocycles. The average Bonchev–Trinajstić information content (AvgIpc) is 3.45. The number of aryl methyl sites for hydroxylation is 1. The molecule has 34 heavy (non-hydrogen) atoms. The van der Waals surface area contributed by atoms with Crippen molar-refractivity contribution >= 4 is 17.5 Å². The van der Waals surface area contributed by atoms with Gasteiger partial charge in [0.1, 0.15) is 24.7 Å². The first-order chi connectivity index (χ1) is 16.4. The lowest BCUT2D eigenvalue weighted by atomic mass is 10.1. The summed E-state index contributed by atoms with van der Waals surface area (Å²) in [6.45, 7) is 1.81. The van der Waals surface area contributed by atoms with Gasteiger partial charge in [-0.05, 0) is 25.1 Å². The van der Waals surface area contributed by atoms with Gasteiger partial charge in [-0.3, -0.25) is 18.7 Å². The van der Waals surface area contributed by atoms with Gasteiger partial charge in [0.25, 0.3) is 5.91 Å². The summed E-state index contributed by atoms with van der Waals surface area (Å²) in [7, 11) is 3.32. The average molecular weight is 465 g/mol. The second-order valence-corrected chi connectivity index (χ2v) is 7.77. The van der Waals surface area contributed by atoms with Crippen LogP contribution in [0.4, 0.5) is 4.39 Å². The number of hydrogen-bond acceptors (Lipinski definition) is 6. The van der Waals surface area contributed by atoms with Crippen LogP contribution in [-0.4, -0.2) is 67.6 Å². The third-order valence-corrected chi connectivity index (χ3v) is 5.46. The van der Waals surface area contributed by atoms with Crippen molar-refractivity contribution < 1.29 is 18.7 Å². The van der Waals surface area contributed by atoms with Gasteiger partial charge in [-0.1, -0.05) is 12.1 Å². The van der Waals surface area contributed by atoms with E-state index in [1.165, 1.54) is 15.8 Å². The minimum atomic E-state index is -0.562. The van der Waals surface area contributed by atoms with Crippen LogP contribution in [0.2, 0.25) is 0 Å². The lowest BCUT2D eigenvalue weighted by Gasteiger charge is -2.14. The smallest absolute Gasteiger partial charge is 0.257 e. The summed E-state index contributed by atoms with van der Waals surface area (Å²) in [5.74, 6) is 0.483. The number of ether oxygens (including phenoxy) is 1.